The van der Waals surface area contributed by atoms with Gasteiger partial charge in [0, 0.05) is 0 Å². The zero-order chi connectivity index (χ0) is 21.7. The van der Waals surface area contributed by atoms with E-state index in [4.69, 9.17) is 0 Å². The highest BCUT2D eigenvalue weighted by Crippen LogP contribution is 2.65. The molecular formula is C25H37F3O2. The average molecular weight is 427 g/mol. The number of fused-ring (bicyclic) bond motifs is 5. The van der Waals surface area contributed by atoms with Gasteiger partial charge in [-0.2, -0.15) is 13.2 Å². The highest BCUT2D eigenvalue weighted by Gasteiger charge is 2.56. The standard InChI is InChI=1S/C25H37F3O2/c1-23-13-11-22-20(8-6-17-14-18(29)10-12-24(17,22)2)21(23)9-7-16(23)4-3-5-19(30)15-25(26,27)28/h6-7,18-22,29-30H,3-5,8-15H2,1-2H3/t18-,19+,20-,21?,22?,23+,24-/m0/s1. The molecule has 2 nitrogen and oxygen atoms in total. The van der Waals surface area contributed by atoms with Gasteiger partial charge in [0.1, 0.15) is 0 Å². The Labute approximate surface area is 178 Å². The summed E-state index contributed by atoms with van der Waals surface area (Å²) in [6, 6.07) is 0. The van der Waals surface area contributed by atoms with E-state index in [9.17, 15) is 23.4 Å². The number of aliphatic hydroxyl groups is 2. The Morgan fingerprint density at radius 2 is 1.80 bits per heavy atom. The van der Waals surface area contributed by atoms with Crippen LogP contribution in [0.25, 0.3) is 0 Å². The fourth-order valence-corrected chi connectivity index (χ4v) is 7.58. The molecule has 7 atom stereocenters. The summed E-state index contributed by atoms with van der Waals surface area (Å²) in [7, 11) is 0. The molecule has 0 aromatic carbocycles. The monoisotopic (exact) mass is 426 g/mol. The molecule has 4 aliphatic rings. The summed E-state index contributed by atoms with van der Waals surface area (Å²) in [4.78, 5) is 0. The first-order valence-corrected chi connectivity index (χ1v) is 11.8. The lowest BCUT2D eigenvalue weighted by molar-refractivity contribution is -0.154. The summed E-state index contributed by atoms with van der Waals surface area (Å²) < 4.78 is 37.4. The van der Waals surface area contributed by atoms with Gasteiger partial charge in [-0.15, -0.1) is 0 Å². The van der Waals surface area contributed by atoms with Crippen LogP contribution in [0, 0.1) is 28.6 Å². The average Bonchev–Trinajstić information content (AvgIpc) is 2.97. The van der Waals surface area contributed by atoms with Crippen molar-refractivity contribution >= 4 is 0 Å². The molecule has 0 aromatic rings. The van der Waals surface area contributed by atoms with Crippen LogP contribution < -0.4 is 0 Å². The van der Waals surface area contributed by atoms with Gasteiger partial charge in [0.15, 0.2) is 0 Å². The Kier molecular flexibility index (Phi) is 5.93. The molecule has 5 heteroatoms. The Bertz CT molecular complexity index is 712. The van der Waals surface area contributed by atoms with Gasteiger partial charge < -0.3 is 10.2 Å². The molecular weight excluding hydrogens is 389 g/mol. The fourth-order valence-electron chi connectivity index (χ4n) is 7.58. The van der Waals surface area contributed by atoms with E-state index < -0.39 is 18.7 Å². The van der Waals surface area contributed by atoms with Crippen LogP contribution >= 0.6 is 0 Å². The van der Waals surface area contributed by atoms with Crippen LogP contribution in [-0.4, -0.2) is 28.6 Å². The third-order valence-electron chi connectivity index (χ3n) is 9.27. The Hall–Kier alpha value is -0.810. The molecule has 2 unspecified atom stereocenters. The minimum atomic E-state index is -4.29. The quantitative estimate of drug-likeness (QED) is 0.504. The van der Waals surface area contributed by atoms with E-state index in [0.29, 0.717) is 24.2 Å². The first-order chi connectivity index (χ1) is 14.0. The highest BCUT2D eigenvalue weighted by atomic mass is 19.4. The van der Waals surface area contributed by atoms with Crippen molar-refractivity contribution in [1.82, 2.24) is 0 Å². The van der Waals surface area contributed by atoms with Crippen molar-refractivity contribution in [3.05, 3.63) is 23.3 Å². The number of allylic oxidation sites excluding steroid dienone is 3. The molecule has 2 fully saturated rings. The van der Waals surface area contributed by atoms with Gasteiger partial charge in [-0.1, -0.05) is 37.1 Å². The van der Waals surface area contributed by atoms with Crippen molar-refractivity contribution in [1.29, 1.82) is 0 Å². The first kappa shape index (κ1) is 22.4. The number of aliphatic hydroxyl groups excluding tert-OH is 2. The first-order valence-electron chi connectivity index (χ1n) is 11.8. The molecule has 2 N–H and O–H groups in total. The second kappa shape index (κ2) is 7.95. The van der Waals surface area contributed by atoms with Crippen LogP contribution in [0.2, 0.25) is 0 Å². The van der Waals surface area contributed by atoms with E-state index in [2.05, 4.69) is 26.0 Å². The molecule has 0 aliphatic heterocycles. The summed E-state index contributed by atoms with van der Waals surface area (Å²) >= 11 is 0. The SMILES string of the molecule is C[C@]12CC[C@H](O)CC1=CC[C@@H]1C2CC[C@]2(C)C(CCC[C@@H](O)CC(F)(F)F)=CCC12. The van der Waals surface area contributed by atoms with Gasteiger partial charge in [0.05, 0.1) is 18.6 Å². The van der Waals surface area contributed by atoms with Crippen LogP contribution in [0.4, 0.5) is 13.2 Å². The highest BCUT2D eigenvalue weighted by molar-refractivity contribution is 5.30. The van der Waals surface area contributed by atoms with E-state index in [1.165, 1.54) is 17.6 Å². The van der Waals surface area contributed by atoms with E-state index in [1.54, 1.807) is 0 Å². The minimum absolute atomic E-state index is 0.159. The lowest BCUT2D eigenvalue weighted by Gasteiger charge is -2.57. The predicted octanol–water partition coefficient (Wildman–Crippen LogP) is 6.33. The molecule has 170 valence electrons. The second-order valence-corrected chi connectivity index (χ2v) is 10.9. The Morgan fingerprint density at radius 3 is 2.53 bits per heavy atom. The lowest BCUT2D eigenvalue weighted by atomic mass is 9.47. The maximum atomic E-state index is 12.5. The van der Waals surface area contributed by atoms with Gasteiger partial charge in [-0.05, 0) is 92.8 Å². The molecule has 4 rings (SSSR count). The van der Waals surface area contributed by atoms with Crippen molar-refractivity contribution in [3.63, 3.8) is 0 Å². The largest absolute Gasteiger partial charge is 0.393 e. The number of hydrogen-bond donors (Lipinski definition) is 2. The van der Waals surface area contributed by atoms with E-state index >= 15 is 0 Å². The topological polar surface area (TPSA) is 40.5 Å². The van der Waals surface area contributed by atoms with Crippen molar-refractivity contribution in [3.8, 4) is 0 Å². The normalized spacial score (nSPS) is 42.0. The fraction of sp³-hybridized carbons (Fsp3) is 0.840. The molecule has 0 spiro atoms. The molecule has 0 saturated heterocycles. The number of hydrogen-bond acceptors (Lipinski definition) is 2. The summed E-state index contributed by atoms with van der Waals surface area (Å²) in [6.07, 6.45) is 6.98. The van der Waals surface area contributed by atoms with Crippen molar-refractivity contribution in [2.75, 3.05) is 0 Å². The third kappa shape index (κ3) is 4.01. The van der Waals surface area contributed by atoms with Crippen molar-refractivity contribution < 1.29 is 23.4 Å². The molecule has 2 saturated carbocycles. The molecule has 0 aromatic heterocycles. The summed E-state index contributed by atoms with van der Waals surface area (Å²) in [5.74, 6) is 1.97. The zero-order valence-corrected chi connectivity index (χ0v) is 18.3. The maximum Gasteiger partial charge on any atom is 0.391 e. The predicted molar refractivity (Wildman–Crippen MR) is 112 cm³/mol. The van der Waals surface area contributed by atoms with Gasteiger partial charge in [-0.3, -0.25) is 0 Å². The third-order valence-corrected chi connectivity index (χ3v) is 9.27. The second-order valence-electron chi connectivity index (χ2n) is 10.9. The van der Waals surface area contributed by atoms with E-state index in [1.807, 2.05) is 0 Å². The van der Waals surface area contributed by atoms with Gasteiger partial charge in [-0.25, -0.2) is 0 Å². The van der Waals surface area contributed by atoms with Gasteiger partial charge in [0.2, 0.25) is 0 Å². The maximum absolute atomic E-state index is 12.5. The Balaban J connectivity index is 1.40. The van der Waals surface area contributed by atoms with Gasteiger partial charge >= 0.3 is 6.18 Å². The minimum Gasteiger partial charge on any atom is -0.393 e. The summed E-state index contributed by atoms with van der Waals surface area (Å²) in [5, 5.41) is 19.8. The Morgan fingerprint density at radius 1 is 1.07 bits per heavy atom. The molecule has 0 radical (unpaired) electrons. The molecule has 30 heavy (non-hydrogen) atoms. The van der Waals surface area contributed by atoms with E-state index in [0.717, 1.165) is 44.9 Å². The molecule has 0 bridgehead atoms. The van der Waals surface area contributed by atoms with E-state index in [-0.39, 0.29) is 23.4 Å². The van der Waals surface area contributed by atoms with Crippen LogP contribution in [-0.2, 0) is 0 Å². The number of halogens is 3. The smallest absolute Gasteiger partial charge is 0.391 e. The zero-order valence-electron chi connectivity index (χ0n) is 18.3. The van der Waals surface area contributed by atoms with Crippen LogP contribution in [0.1, 0.15) is 84.5 Å². The number of alkyl halides is 3. The summed E-state index contributed by atoms with van der Waals surface area (Å²) in [6.45, 7) is 4.81. The van der Waals surface area contributed by atoms with Crippen molar-refractivity contribution in [2.24, 2.45) is 28.6 Å². The van der Waals surface area contributed by atoms with Gasteiger partial charge in [0.25, 0.3) is 0 Å². The summed E-state index contributed by atoms with van der Waals surface area (Å²) in [5.41, 5.74) is 3.29. The number of rotatable bonds is 5. The van der Waals surface area contributed by atoms with Crippen LogP contribution in [0.5, 0.6) is 0 Å². The molecule has 0 heterocycles. The lowest BCUT2D eigenvalue weighted by Crippen LogP contribution is -2.50. The molecule has 4 aliphatic carbocycles. The van der Waals surface area contributed by atoms with Crippen LogP contribution in [0.3, 0.4) is 0 Å². The molecule has 0 amide bonds. The van der Waals surface area contributed by atoms with Crippen molar-refractivity contribution in [2.45, 2.75) is 103 Å². The van der Waals surface area contributed by atoms with Crippen LogP contribution in [0.15, 0.2) is 23.3 Å².